The van der Waals surface area contributed by atoms with Crippen molar-refractivity contribution in [1.82, 2.24) is 15.2 Å². The van der Waals surface area contributed by atoms with Crippen molar-refractivity contribution in [1.29, 1.82) is 0 Å². The maximum absolute atomic E-state index is 12.6. The summed E-state index contributed by atoms with van der Waals surface area (Å²) in [5, 5.41) is 4.72. The van der Waals surface area contributed by atoms with Gasteiger partial charge in [0.15, 0.2) is 0 Å². The minimum absolute atomic E-state index is 0.0823. The van der Waals surface area contributed by atoms with Crippen molar-refractivity contribution in [3.8, 4) is 0 Å². The molecule has 0 unspecified atom stereocenters. The van der Waals surface area contributed by atoms with Crippen LogP contribution >= 0.6 is 11.6 Å². The number of nitrogens with zero attached hydrogens (tertiary/aromatic N) is 1. The van der Waals surface area contributed by atoms with Gasteiger partial charge in [-0.1, -0.05) is 11.6 Å². The predicted octanol–water partition coefficient (Wildman–Crippen LogP) is 2.97. The quantitative estimate of drug-likeness (QED) is 0.892. The number of aryl methyl sites for hydroxylation is 1. The average molecular weight is 350 g/mol. The Morgan fingerprint density at radius 1 is 1.38 bits per heavy atom. The van der Waals surface area contributed by atoms with E-state index in [0.717, 1.165) is 42.8 Å². The number of hydrogen-bond acceptors (Lipinski definition) is 3. The number of aromatic amines is 1. The number of ether oxygens (including phenoxy) is 1. The van der Waals surface area contributed by atoms with Crippen LogP contribution < -0.4 is 5.32 Å². The number of carbonyl (C=O) groups excluding carboxylic acids is 1. The molecule has 0 bridgehead atoms. The molecule has 2 aromatic rings. The zero-order chi connectivity index (χ0) is 17.3. The van der Waals surface area contributed by atoms with E-state index >= 15 is 0 Å². The Balaban J connectivity index is 1.72. The molecule has 0 aliphatic carbocycles. The highest BCUT2D eigenvalue weighted by molar-refractivity contribution is 6.31. The third-order valence-electron chi connectivity index (χ3n) is 4.80. The Labute approximate surface area is 147 Å². The van der Waals surface area contributed by atoms with Gasteiger partial charge in [0, 0.05) is 41.1 Å². The van der Waals surface area contributed by atoms with Gasteiger partial charge < -0.3 is 15.0 Å². The van der Waals surface area contributed by atoms with Crippen molar-refractivity contribution in [3.63, 3.8) is 0 Å². The van der Waals surface area contributed by atoms with Gasteiger partial charge in [-0.2, -0.15) is 0 Å². The lowest BCUT2D eigenvalue weighted by atomic mass is 10.0. The van der Waals surface area contributed by atoms with E-state index in [1.165, 1.54) is 0 Å². The van der Waals surface area contributed by atoms with Crippen molar-refractivity contribution in [3.05, 3.63) is 34.5 Å². The fourth-order valence-electron chi connectivity index (χ4n) is 3.19. The van der Waals surface area contributed by atoms with Crippen LogP contribution in [0.15, 0.2) is 18.2 Å². The maximum Gasteiger partial charge on any atom is 0.268 e. The fraction of sp³-hybridized carbons (Fsp3) is 0.500. The molecule has 6 heteroatoms. The van der Waals surface area contributed by atoms with Gasteiger partial charge in [0.1, 0.15) is 5.69 Å². The van der Waals surface area contributed by atoms with Crippen LogP contribution in [0.25, 0.3) is 10.9 Å². The van der Waals surface area contributed by atoms with Gasteiger partial charge in [-0.3, -0.25) is 9.69 Å². The van der Waals surface area contributed by atoms with Gasteiger partial charge >= 0.3 is 0 Å². The summed E-state index contributed by atoms with van der Waals surface area (Å²) in [7, 11) is 0. The molecule has 1 amide bonds. The van der Waals surface area contributed by atoms with E-state index in [1.54, 1.807) is 0 Å². The summed E-state index contributed by atoms with van der Waals surface area (Å²) in [6.07, 6.45) is 0. The zero-order valence-corrected chi connectivity index (χ0v) is 15.2. The fourth-order valence-corrected chi connectivity index (χ4v) is 3.36. The lowest BCUT2D eigenvalue weighted by Crippen LogP contribution is -2.55. The molecular formula is C18H24ClN3O2. The normalized spacial score (nSPS) is 16.5. The van der Waals surface area contributed by atoms with Crippen LogP contribution in [0.2, 0.25) is 5.02 Å². The van der Waals surface area contributed by atoms with Crippen molar-refractivity contribution in [2.45, 2.75) is 26.3 Å². The van der Waals surface area contributed by atoms with Crippen LogP contribution in [0.4, 0.5) is 0 Å². The number of carbonyl (C=O) groups is 1. The number of benzene rings is 1. The molecule has 0 atom stereocenters. The van der Waals surface area contributed by atoms with E-state index in [-0.39, 0.29) is 11.4 Å². The van der Waals surface area contributed by atoms with Crippen LogP contribution in [-0.2, 0) is 4.74 Å². The molecule has 5 nitrogen and oxygen atoms in total. The van der Waals surface area contributed by atoms with E-state index in [2.05, 4.69) is 29.0 Å². The second-order valence-electron chi connectivity index (χ2n) is 6.91. The van der Waals surface area contributed by atoms with E-state index in [1.807, 2.05) is 25.1 Å². The SMILES string of the molecule is Cc1c(C(=O)NCC(C)(C)N2CCOCC2)[nH]c2ccc(Cl)cc12. The Morgan fingerprint density at radius 3 is 2.79 bits per heavy atom. The lowest BCUT2D eigenvalue weighted by molar-refractivity contribution is -0.00924. The van der Waals surface area contributed by atoms with Gasteiger partial charge in [-0.15, -0.1) is 0 Å². The standard InChI is InChI=1S/C18H24ClN3O2/c1-12-14-10-13(19)4-5-15(14)21-16(12)17(23)20-11-18(2,3)22-6-8-24-9-7-22/h4-5,10,21H,6-9,11H2,1-3H3,(H,20,23). The van der Waals surface area contributed by atoms with Crippen LogP contribution in [-0.4, -0.2) is 54.2 Å². The Hall–Kier alpha value is -1.56. The molecule has 24 heavy (non-hydrogen) atoms. The number of amides is 1. The third-order valence-corrected chi connectivity index (χ3v) is 5.03. The van der Waals surface area contributed by atoms with Gasteiger partial charge in [-0.25, -0.2) is 0 Å². The van der Waals surface area contributed by atoms with Gasteiger partial charge in [-0.05, 0) is 44.5 Å². The molecule has 2 N–H and O–H groups in total. The number of fused-ring (bicyclic) bond motifs is 1. The number of hydrogen-bond donors (Lipinski definition) is 2. The second kappa shape index (κ2) is 6.75. The number of rotatable bonds is 4. The van der Waals surface area contributed by atoms with Crippen LogP contribution in [0.5, 0.6) is 0 Å². The highest BCUT2D eigenvalue weighted by atomic mass is 35.5. The van der Waals surface area contributed by atoms with Crippen molar-refractivity contribution >= 4 is 28.4 Å². The van der Waals surface area contributed by atoms with E-state index in [0.29, 0.717) is 17.3 Å². The first-order valence-corrected chi connectivity index (χ1v) is 8.65. The molecule has 2 heterocycles. The molecular weight excluding hydrogens is 326 g/mol. The molecule has 1 aliphatic rings. The Morgan fingerprint density at radius 2 is 2.08 bits per heavy atom. The maximum atomic E-state index is 12.6. The number of nitrogens with one attached hydrogen (secondary N) is 2. The van der Waals surface area contributed by atoms with E-state index in [4.69, 9.17) is 16.3 Å². The van der Waals surface area contributed by atoms with Crippen molar-refractivity contribution in [2.24, 2.45) is 0 Å². The summed E-state index contributed by atoms with van der Waals surface area (Å²) in [5.74, 6) is -0.0823. The predicted molar refractivity (Wildman–Crippen MR) is 96.8 cm³/mol. The molecule has 1 aromatic heterocycles. The Kier molecular flexibility index (Phi) is 4.85. The molecule has 1 saturated heterocycles. The van der Waals surface area contributed by atoms with Gasteiger partial charge in [0.25, 0.3) is 5.91 Å². The van der Waals surface area contributed by atoms with Crippen LogP contribution in [0, 0.1) is 6.92 Å². The van der Waals surface area contributed by atoms with Gasteiger partial charge in [0.05, 0.1) is 13.2 Å². The lowest BCUT2D eigenvalue weighted by Gasteiger charge is -2.40. The highest BCUT2D eigenvalue weighted by Crippen LogP contribution is 2.25. The monoisotopic (exact) mass is 349 g/mol. The molecule has 1 aliphatic heterocycles. The van der Waals surface area contributed by atoms with Crippen molar-refractivity contribution < 1.29 is 9.53 Å². The van der Waals surface area contributed by atoms with Crippen molar-refractivity contribution in [2.75, 3.05) is 32.8 Å². The van der Waals surface area contributed by atoms with E-state index in [9.17, 15) is 4.79 Å². The third kappa shape index (κ3) is 3.43. The first-order valence-electron chi connectivity index (χ1n) is 8.27. The number of H-pyrrole nitrogens is 1. The van der Waals surface area contributed by atoms with E-state index < -0.39 is 0 Å². The topological polar surface area (TPSA) is 57.4 Å². The number of halogens is 1. The smallest absolute Gasteiger partial charge is 0.268 e. The molecule has 1 aromatic carbocycles. The zero-order valence-electron chi connectivity index (χ0n) is 14.4. The summed E-state index contributed by atoms with van der Waals surface area (Å²) < 4.78 is 5.40. The summed E-state index contributed by atoms with van der Waals surface area (Å²) in [6, 6.07) is 5.61. The van der Waals surface area contributed by atoms with Gasteiger partial charge in [0.2, 0.25) is 0 Å². The molecule has 3 rings (SSSR count). The highest BCUT2D eigenvalue weighted by Gasteiger charge is 2.29. The summed E-state index contributed by atoms with van der Waals surface area (Å²) in [4.78, 5) is 18.2. The van der Waals surface area contributed by atoms with Crippen LogP contribution in [0.1, 0.15) is 29.9 Å². The molecule has 0 saturated carbocycles. The summed E-state index contributed by atoms with van der Waals surface area (Å²) in [5.41, 5.74) is 2.34. The Bertz CT molecular complexity index is 748. The molecule has 1 fully saturated rings. The van der Waals surface area contributed by atoms with Crippen LogP contribution in [0.3, 0.4) is 0 Å². The number of aromatic nitrogens is 1. The largest absolute Gasteiger partial charge is 0.379 e. The average Bonchev–Trinajstić information content (AvgIpc) is 2.90. The first-order chi connectivity index (χ1) is 11.4. The molecule has 0 radical (unpaired) electrons. The number of morpholine rings is 1. The molecule has 0 spiro atoms. The summed E-state index contributed by atoms with van der Waals surface area (Å²) in [6.45, 7) is 10.1. The minimum atomic E-state index is -0.108. The molecule has 130 valence electrons. The second-order valence-corrected chi connectivity index (χ2v) is 7.35. The minimum Gasteiger partial charge on any atom is -0.379 e. The summed E-state index contributed by atoms with van der Waals surface area (Å²) >= 11 is 6.06. The first kappa shape index (κ1) is 17.3.